The molecule has 0 radical (unpaired) electrons. The van der Waals surface area contributed by atoms with Gasteiger partial charge in [-0.25, -0.2) is 0 Å². The van der Waals surface area contributed by atoms with Crippen LogP contribution < -0.4 is 0 Å². The lowest BCUT2D eigenvalue weighted by molar-refractivity contribution is -0.386. The molecule has 0 aliphatic carbocycles. The van der Waals surface area contributed by atoms with Crippen LogP contribution in [0.5, 0.6) is 0 Å². The summed E-state index contributed by atoms with van der Waals surface area (Å²) in [4.78, 5) is 9.62. The third-order valence-electron chi connectivity index (χ3n) is 1.95. The number of hydrogen-bond donors (Lipinski definition) is 0. The summed E-state index contributed by atoms with van der Waals surface area (Å²) >= 11 is 11.3. The third-order valence-corrected chi connectivity index (χ3v) is 2.45. The molecule has 0 aliphatic rings. The molecule has 0 bridgehead atoms. The zero-order valence-corrected chi connectivity index (χ0v) is 9.26. The van der Waals surface area contributed by atoms with Crippen molar-refractivity contribution < 1.29 is 4.92 Å². The minimum atomic E-state index is -0.645. The summed E-state index contributed by atoms with van der Waals surface area (Å²) in [6.45, 7) is 3.34. The Kier molecular flexibility index (Phi) is 3.34. The number of rotatable bonds is 2. The molecule has 1 aromatic rings. The first-order chi connectivity index (χ1) is 6.43. The van der Waals surface area contributed by atoms with Crippen LogP contribution in [0.25, 0.3) is 0 Å². The molecule has 0 aliphatic heterocycles. The molecule has 3 nitrogen and oxygen atoms in total. The molecule has 0 saturated carbocycles. The van der Waals surface area contributed by atoms with Crippen molar-refractivity contribution in [2.24, 2.45) is 0 Å². The Bertz CT molecular complexity index is 354. The second-order valence-corrected chi connectivity index (χ2v) is 4.16. The van der Waals surface area contributed by atoms with Crippen molar-refractivity contribution in [1.82, 2.24) is 0 Å². The summed E-state index contributed by atoms with van der Waals surface area (Å²) in [5, 5.41) is 10.7. The van der Waals surface area contributed by atoms with Crippen LogP contribution in [0.15, 0.2) is 12.1 Å². The number of benzene rings is 1. The summed E-state index contributed by atoms with van der Waals surface area (Å²) in [5.41, 5.74) is 1.98. The van der Waals surface area contributed by atoms with Gasteiger partial charge in [0.25, 0.3) is 5.69 Å². The fourth-order valence-electron chi connectivity index (χ4n) is 1.40. The van der Waals surface area contributed by atoms with Gasteiger partial charge in [0.05, 0.1) is 4.92 Å². The first-order valence-electron chi connectivity index (χ1n) is 3.97. The average Bonchev–Trinajstić information content (AvgIpc) is 2.01. The van der Waals surface area contributed by atoms with Gasteiger partial charge in [0.1, 0.15) is 4.84 Å². The van der Waals surface area contributed by atoms with Crippen LogP contribution >= 0.6 is 23.2 Å². The second-order valence-electron chi connectivity index (χ2n) is 3.06. The van der Waals surface area contributed by atoms with Gasteiger partial charge in [-0.15, -0.1) is 23.2 Å². The topological polar surface area (TPSA) is 43.1 Å². The Balaban J connectivity index is 3.32. The minimum absolute atomic E-state index is 0.128. The van der Waals surface area contributed by atoms with Gasteiger partial charge in [-0.2, -0.15) is 0 Å². The quantitative estimate of drug-likeness (QED) is 0.445. The molecule has 0 amide bonds. The summed E-state index contributed by atoms with van der Waals surface area (Å²) in [6, 6.07) is 3.27. The SMILES string of the molecule is Cc1cc(C(Cl)Cl)cc(C)c1[N+](=O)[O-]. The Labute approximate surface area is 91.8 Å². The zero-order valence-electron chi connectivity index (χ0n) is 7.75. The molecule has 0 unspecified atom stereocenters. The maximum Gasteiger partial charge on any atom is 0.275 e. The number of halogens is 2. The Morgan fingerprint density at radius 2 is 1.71 bits per heavy atom. The van der Waals surface area contributed by atoms with Crippen LogP contribution in [0.4, 0.5) is 5.69 Å². The zero-order chi connectivity index (χ0) is 10.9. The molecule has 0 heterocycles. The van der Waals surface area contributed by atoms with Crippen LogP contribution in [-0.4, -0.2) is 4.92 Å². The van der Waals surface area contributed by atoms with Gasteiger partial charge in [-0.3, -0.25) is 10.1 Å². The largest absolute Gasteiger partial charge is 0.275 e. The van der Waals surface area contributed by atoms with E-state index in [1.54, 1.807) is 26.0 Å². The van der Waals surface area contributed by atoms with Crippen LogP contribution in [0.2, 0.25) is 0 Å². The molecule has 76 valence electrons. The summed E-state index contributed by atoms with van der Waals surface area (Å²) in [7, 11) is 0. The number of nitro groups is 1. The molecule has 0 saturated heterocycles. The molecular formula is C9H9Cl2NO2. The van der Waals surface area contributed by atoms with Crippen LogP contribution in [0.3, 0.4) is 0 Å². The van der Waals surface area contributed by atoms with E-state index in [0.29, 0.717) is 16.7 Å². The summed E-state index contributed by atoms with van der Waals surface area (Å²) in [5.74, 6) is 0. The molecule has 5 heteroatoms. The van der Waals surface area contributed by atoms with Crippen molar-refractivity contribution in [3.8, 4) is 0 Å². The lowest BCUT2D eigenvalue weighted by atomic mass is 10.1. The molecule has 0 fully saturated rings. The van der Waals surface area contributed by atoms with Crippen molar-refractivity contribution in [3.63, 3.8) is 0 Å². The molecule has 0 atom stereocenters. The lowest BCUT2D eigenvalue weighted by Crippen LogP contribution is -1.97. The first-order valence-corrected chi connectivity index (χ1v) is 4.84. The molecule has 1 aromatic carbocycles. The van der Waals surface area contributed by atoms with Crippen molar-refractivity contribution in [3.05, 3.63) is 38.9 Å². The maximum absolute atomic E-state index is 10.7. The lowest BCUT2D eigenvalue weighted by Gasteiger charge is -2.06. The normalized spacial score (nSPS) is 10.6. The van der Waals surface area contributed by atoms with E-state index >= 15 is 0 Å². The fraction of sp³-hybridized carbons (Fsp3) is 0.333. The Morgan fingerprint density at radius 1 is 1.29 bits per heavy atom. The number of hydrogen-bond acceptors (Lipinski definition) is 2. The number of nitrogens with zero attached hydrogens (tertiary/aromatic N) is 1. The standard InChI is InChI=1S/C9H9Cl2NO2/c1-5-3-7(9(10)11)4-6(2)8(5)12(13)14/h3-4,9H,1-2H3. The van der Waals surface area contributed by atoms with E-state index in [4.69, 9.17) is 23.2 Å². The predicted octanol–water partition coefficient (Wildman–Crippen LogP) is 3.69. The van der Waals surface area contributed by atoms with E-state index in [2.05, 4.69) is 0 Å². The molecule has 0 spiro atoms. The van der Waals surface area contributed by atoms with E-state index < -0.39 is 9.76 Å². The predicted molar refractivity (Wildman–Crippen MR) is 57.0 cm³/mol. The smallest absolute Gasteiger partial charge is 0.258 e. The molecular weight excluding hydrogens is 225 g/mol. The monoisotopic (exact) mass is 233 g/mol. The molecule has 14 heavy (non-hydrogen) atoms. The van der Waals surface area contributed by atoms with E-state index in [-0.39, 0.29) is 5.69 Å². The molecule has 0 N–H and O–H groups in total. The van der Waals surface area contributed by atoms with Gasteiger partial charge < -0.3 is 0 Å². The highest BCUT2D eigenvalue weighted by Gasteiger charge is 2.17. The summed E-state index contributed by atoms with van der Waals surface area (Å²) in [6.07, 6.45) is 0. The molecule has 1 rings (SSSR count). The fourth-order valence-corrected chi connectivity index (χ4v) is 1.66. The maximum atomic E-state index is 10.7. The van der Waals surface area contributed by atoms with Gasteiger partial charge in [0.15, 0.2) is 0 Å². The van der Waals surface area contributed by atoms with Crippen molar-refractivity contribution >= 4 is 28.9 Å². The highest BCUT2D eigenvalue weighted by atomic mass is 35.5. The molecule has 0 aromatic heterocycles. The van der Waals surface area contributed by atoms with Crippen LogP contribution in [0.1, 0.15) is 21.5 Å². The first kappa shape index (κ1) is 11.3. The number of nitro benzene ring substituents is 1. The van der Waals surface area contributed by atoms with Crippen molar-refractivity contribution in [1.29, 1.82) is 0 Å². The van der Waals surface area contributed by atoms with E-state index in [1.807, 2.05) is 0 Å². The van der Waals surface area contributed by atoms with Crippen molar-refractivity contribution in [2.45, 2.75) is 18.7 Å². The summed E-state index contributed by atoms with van der Waals surface area (Å²) < 4.78 is 0. The second kappa shape index (κ2) is 4.15. The van der Waals surface area contributed by atoms with E-state index in [0.717, 1.165) is 0 Å². The average molecular weight is 234 g/mol. The van der Waals surface area contributed by atoms with Gasteiger partial charge >= 0.3 is 0 Å². The number of aryl methyl sites for hydroxylation is 2. The number of alkyl halides is 2. The minimum Gasteiger partial charge on any atom is -0.258 e. The van der Waals surface area contributed by atoms with Gasteiger partial charge in [0.2, 0.25) is 0 Å². The van der Waals surface area contributed by atoms with E-state index in [9.17, 15) is 10.1 Å². The third kappa shape index (κ3) is 2.16. The van der Waals surface area contributed by atoms with Crippen LogP contribution in [0, 0.1) is 24.0 Å². The highest BCUT2D eigenvalue weighted by molar-refractivity contribution is 6.44. The Morgan fingerprint density at radius 3 is 2.00 bits per heavy atom. The Hall–Kier alpha value is -0.800. The van der Waals surface area contributed by atoms with Gasteiger partial charge in [-0.05, 0) is 31.5 Å². The highest BCUT2D eigenvalue weighted by Crippen LogP contribution is 2.31. The van der Waals surface area contributed by atoms with Crippen LogP contribution in [-0.2, 0) is 0 Å². The van der Waals surface area contributed by atoms with Crippen molar-refractivity contribution in [2.75, 3.05) is 0 Å². The van der Waals surface area contributed by atoms with E-state index in [1.165, 1.54) is 0 Å². The van der Waals surface area contributed by atoms with Gasteiger partial charge in [-0.1, -0.05) is 0 Å². The van der Waals surface area contributed by atoms with Gasteiger partial charge in [0, 0.05) is 11.1 Å².